The van der Waals surface area contributed by atoms with Crippen LogP contribution < -0.4 is 5.32 Å². The topological polar surface area (TPSA) is 134 Å². The molecule has 4 rings (SSSR count). The molecule has 1 aromatic rings. The van der Waals surface area contributed by atoms with E-state index in [4.69, 9.17) is 0 Å². The van der Waals surface area contributed by atoms with Gasteiger partial charge in [0.25, 0.3) is 5.91 Å². The van der Waals surface area contributed by atoms with Gasteiger partial charge in [-0.05, 0) is 36.6 Å². The Labute approximate surface area is 166 Å². The van der Waals surface area contributed by atoms with Crippen molar-refractivity contribution >= 4 is 33.7 Å². The van der Waals surface area contributed by atoms with Gasteiger partial charge in [-0.25, -0.2) is 13.2 Å². The second-order valence-electron chi connectivity index (χ2n) is 6.98. The van der Waals surface area contributed by atoms with Crippen LogP contribution in [0.5, 0.6) is 0 Å². The molecule has 3 aliphatic rings. The van der Waals surface area contributed by atoms with Crippen molar-refractivity contribution < 1.29 is 27.9 Å². The van der Waals surface area contributed by atoms with Crippen LogP contribution in [0.1, 0.15) is 18.5 Å². The zero-order valence-electron chi connectivity index (χ0n) is 15.1. The van der Waals surface area contributed by atoms with Gasteiger partial charge in [0, 0.05) is 18.3 Å². The number of rotatable bonds is 5. The molecule has 0 bridgehead atoms. The van der Waals surface area contributed by atoms with Gasteiger partial charge in [-0.2, -0.15) is 0 Å². The molecule has 1 aromatic heterocycles. The molecular weight excluding hydrogens is 398 g/mol. The number of fused-ring (bicyclic) bond motifs is 1. The third kappa shape index (κ3) is 3.58. The highest BCUT2D eigenvalue weighted by Gasteiger charge is 2.56. The molecule has 0 spiro atoms. The molecule has 0 aromatic carbocycles. The van der Waals surface area contributed by atoms with Crippen molar-refractivity contribution in [3.8, 4) is 0 Å². The number of aromatic nitrogens is 1. The number of allylic oxidation sites excluding steroid dienone is 1. The summed E-state index contributed by atoms with van der Waals surface area (Å²) in [7, 11) is -3.90. The van der Waals surface area contributed by atoms with Crippen LogP contribution in [-0.2, 0) is 24.2 Å². The zero-order chi connectivity index (χ0) is 20.8. The van der Waals surface area contributed by atoms with Crippen LogP contribution >= 0.6 is 0 Å². The quantitative estimate of drug-likeness (QED) is 0.519. The molecule has 1 saturated carbocycles. The summed E-state index contributed by atoms with van der Waals surface area (Å²) in [5.41, 5.74) is -0.167. The Morgan fingerprint density at radius 3 is 2.66 bits per heavy atom. The van der Waals surface area contributed by atoms with Crippen molar-refractivity contribution in [3.05, 3.63) is 59.1 Å². The van der Waals surface area contributed by atoms with Crippen LogP contribution in [0.4, 0.5) is 0 Å². The van der Waals surface area contributed by atoms with E-state index in [0.29, 0.717) is 5.69 Å². The van der Waals surface area contributed by atoms with Gasteiger partial charge in [0.15, 0.2) is 15.2 Å². The first-order valence-corrected chi connectivity index (χ1v) is 10.6. The first-order valence-electron chi connectivity index (χ1n) is 8.91. The number of carboxylic acids is 1. The summed E-state index contributed by atoms with van der Waals surface area (Å²) in [5, 5.41) is 10.9. The normalized spacial score (nSPS) is 24.4. The Morgan fingerprint density at radius 1 is 1.28 bits per heavy atom. The standard InChI is InChI=1S/C19H17N3O6S/c23-15(21-12-5-6-12)7-4-11-10-29(27,28)18-14(9-13-3-1-2-8-20-13)17(24)22(18)16(11)19(25)26/h1-4,7-9,12,18H,5-6,10H2,(H,21,23)(H,25,26)/b7-4+,14-9+/t18-/m1/s1. The number of nitrogens with zero attached hydrogens (tertiary/aromatic N) is 2. The van der Waals surface area contributed by atoms with E-state index in [1.165, 1.54) is 12.3 Å². The second-order valence-corrected chi connectivity index (χ2v) is 9.05. The Bertz CT molecular complexity index is 1100. The number of β-lactam (4-membered cyclic amide) rings is 1. The van der Waals surface area contributed by atoms with Gasteiger partial charge < -0.3 is 10.4 Å². The lowest BCUT2D eigenvalue weighted by molar-refractivity contribution is -0.141. The lowest BCUT2D eigenvalue weighted by Gasteiger charge is -2.45. The maximum Gasteiger partial charge on any atom is 0.352 e. The number of nitrogens with one attached hydrogen (secondary N) is 1. The maximum atomic E-state index is 12.8. The largest absolute Gasteiger partial charge is 0.477 e. The third-order valence-electron chi connectivity index (χ3n) is 4.76. The zero-order valence-corrected chi connectivity index (χ0v) is 15.9. The monoisotopic (exact) mass is 415 g/mol. The number of carbonyl (C=O) groups is 3. The van der Waals surface area contributed by atoms with Crippen LogP contribution in [0.25, 0.3) is 6.08 Å². The van der Waals surface area contributed by atoms with Gasteiger partial charge >= 0.3 is 5.97 Å². The van der Waals surface area contributed by atoms with Crippen LogP contribution in [0.2, 0.25) is 0 Å². The number of sulfone groups is 1. The van der Waals surface area contributed by atoms with Gasteiger partial charge in [0.05, 0.1) is 17.0 Å². The molecular formula is C19H17N3O6S. The molecule has 2 amide bonds. The highest BCUT2D eigenvalue weighted by Crippen LogP contribution is 2.41. The van der Waals surface area contributed by atoms with E-state index in [2.05, 4.69) is 10.3 Å². The van der Waals surface area contributed by atoms with Crippen LogP contribution in [0, 0.1) is 0 Å². The third-order valence-corrected chi connectivity index (χ3v) is 6.62. The molecule has 10 heteroatoms. The molecule has 0 radical (unpaired) electrons. The number of carboxylic acid groups (broad SMARTS) is 1. The molecule has 1 aliphatic carbocycles. The molecule has 150 valence electrons. The molecule has 2 fully saturated rings. The molecule has 3 heterocycles. The average molecular weight is 415 g/mol. The van der Waals surface area contributed by atoms with Gasteiger partial charge in [0.2, 0.25) is 5.91 Å². The number of hydrogen-bond acceptors (Lipinski definition) is 6. The summed E-state index contributed by atoms with van der Waals surface area (Å²) in [4.78, 5) is 41.0. The SMILES string of the molecule is O=C(/C=C/C1=C(C(=O)O)N2C(=O)/C(=C\c3ccccn3)[C@H]2S(=O)(=O)C1)NC1CC1. The Balaban J connectivity index is 1.69. The number of aliphatic carboxylic acids is 1. The fraction of sp³-hybridized carbons (Fsp3) is 0.263. The molecule has 0 unspecified atom stereocenters. The van der Waals surface area contributed by atoms with Crippen molar-refractivity contribution in [1.82, 2.24) is 15.2 Å². The van der Waals surface area contributed by atoms with E-state index < -0.39 is 44.4 Å². The first kappa shape index (κ1) is 19.1. The van der Waals surface area contributed by atoms with Crippen molar-refractivity contribution in [2.24, 2.45) is 0 Å². The van der Waals surface area contributed by atoms with Gasteiger partial charge in [-0.3, -0.25) is 19.5 Å². The number of amides is 2. The lowest BCUT2D eigenvalue weighted by Crippen LogP contribution is -2.62. The number of hydrogen-bond donors (Lipinski definition) is 2. The molecule has 2 aliphatic heterocycles. The Hall–Kier alpha value is -3.27. The average Bonchev–Trinajstić information content (AvgIpc) is 3.48. The van der Waals surface area contributed by atoms with Crippen LogP contribution in [0.3, 0.4) is 0 Å². The minimum atomic E-state index is -3.90. The summed E-state index contributed by atoms with van der Waals surface area (Å²) in [5.74, 6) is -3.17. The summed E-state index contributed by atoms with van der Waals surface area (Å²) >= 11 is 0. The number of carbonyl (C=O) groups excluding carboxylic acids is 2. The molecule has 9 nitrogen and oxygen atoms in total. The van der Waals surface area contributed by atoms with E-state index in [1.807, 2.05) is 0 Å². The predicted octanol–water partition coefficient (Wildman–Crippen LogP) is 0.235. The van der Waals surface area contributed by atoms with Gasteiger partial charge in [-0.15, -0.1) is 0 Å². The fourth-order valence-electron chi connectivity index (χ4n) is 3.29. The summed E-state index contributed by atoms with van der Waals surface area (Å²) in [6, 6.07) is 5.08. The molecule has 1 atom stereocenters. The second kappa shape index (κ2) is 6.96. The fourth-order valence-corrected chi connectivity index (χ4v) is 5.19. The highest BCUT2D eigenvalue weighted by atomic mass is 32.2. The maximum absolute atomic E-state index is 12.8. The van der Waals surface area contributed by atoms with Crippen molar-refractivity contribution in [1.29, 1.82) is 0 Å². The van der Waals surface area contributed by atoms with Gasteiger partial charge in [-0.1, -0.05) is 12.1 Å². The summed E-state index contributed by atoms with van der Waals surface area (Å²) in [6.45, 7) is 0. The molecule has 29 heavy (non-hydrogen) atoms. The Kier molecular flexibility index (Phi) is 4.58. The lowest BCUT2D eigenvalue weighted by atomic mass is 10.0. The van der Waals surface area contributed by atoms with Crippen molar-refractivity contribution in [2.75, 3.05) is 5.75 Å². The summed E-state index contributed by atoms with van der Waals surface area (Å²) in [6.07, 6.45) is 6.87. The van der Waals surface area contributed by atoms with E-state index >= 15 is 0 Å². The van der Waals surface area contributed by atoms with Crippen LogP contribution in [0.15, 0.2) is 53.4 Å². The van der Waals surface area contributed by atoms with Crippen molar-refractivity contribution in [2.45, 2.75) is 24.3 Å². The van der Waals surface area contributed by atoms with Crippen molar-refractivity contribution in [3.63, 3.8) is 0 Å². The number of pyridine rings is 1. The summed E-state index contributed by atoms with van der Waals surface area (Å²) < 4.78 is 25.6. The van der Waals surface area contributed by atoms with E-state index in [-0.39, 0.29) is 17.2 Å². The Morgan fingerprint density at radius 2 is 2.03 bits per heavy atom. The van der Waals surface area contributed by atoms with E-state index in [0.717, 1.165) is 29.9 Å². The smallest absolute Gasteiger partial charge is 0.352 e. The molecule has 2 N–H and O–H groups in total. The molecule has 1 saturated heterocycles. The van der Waals surface area contributed by atoms with E-state index in [1.54, 1.807) is 18.2 Å². The first-order chi connectivity index (χ1) is 13.8. The minimum absolute atomic E-state index is 0.0306. The predicted molar refractivity (Wildman–Crippen MR) is 102 cm³/mol. The highest BCUT2D eigenvalue weighted by molar-refractivity contribution is 7.92. The van der Waals surface area contributed by atoms with Gasteiger partial charge in [0.1, 0.15) is 5.70 Å². The van der Waals surface area contributed by atoms with E-state index in [9.17, 15) is 27.9 Å². The van der Waals surface area contributed by atoms with Crippen LogP contribution in [-0.4, -0.2) is 58.4 Å². The minimum Gasteiger partial charge on any atom is -0.477 e.